The predicted molar refractivity (Wildman–Crippen MR) is 109 cm³/mol. The summed E-state index contributed by atoms with van der Waals surface area (Å²) in [6.45, 7) is 6.70. The number of benzene rings is 1. The number of hydrogen-bond donors (Lipinski definition) is 3. The molecule has 0 saturated carbocycles. The van der Waals surface area contributed by atoms with Gasteiger partial charge in [0.2, 0.25) is 0 Å². The summed E-state index contributed by atoms with van der Waals surface area (Å²) < 4.78 is 5.41. The van der Waals surface area contributed by atoms with Crippen molar-refractivity contribution in [3.8, 4) is 0 Å². The highest BCUT2D eigenvalue weighted by molar-refractivity contribution is 5.95. The summed E-state index contributed by atoms with van der Waals surface area (Å²) in [4.78, 5) is 28.2. The Bertz CT molecular complexity index is 1060. The molecule has 6 heteroatoms. The van der Waals surface area contributed by atoms with Crippen molar-refractivity contribution in [2.75, 3.05) is 0 Å². The number of carbonyl (C=O) groups excluding carboxylic acids is 1. The number of rotatable bonds is 6. The Labute approximate surface area is 163 Å². The Hall–Kier alpha value is -2.86. The normalized spacial score (nSPS) is 12.9. The second-order valence-corrected chi connectivity index (χ2v) is 7.77. The summed E-state index contributed by atoms with van der Waals surface area (Å²) in [5.41, 5.74) is 1.24. The lowest BCUT2D eigenvalue weighted by molar-refractivity contribution is 0.0705. The van der Waals surface area contributed by atoms with Gasteiger partial charge in [0.15, 0.2) is 0 Å². The van der Waals surface area contributed by atoms with Crippen molar-refractivity contribution < 1.29 is 14.3 Å². The van der Waals surface area contributed by atoms with Gasteiger partial charge in [0.1, 0.15) is 11.3 Å². The topological polar surface area (TPSA) is 95.3 Å². The van der Waals surface area contributed by atoms with E-state index in [1.54, 1.807) is 33.8 Å². The summed E-state index contributed by atoms with van der Waals surface area (Å²) >= 11 is 0. The number of carbonyl (C=O) groups is 1. The van der Waals surface area contributed by atoms with E-state index in [0.717, 1.165) is 16.5 Å². The van der Waals surface area contributed by atoms with Gasteiger partial charge in [0.05, 0.1) is 11.6 Å². The van der Waals surface area contributed by atoms with Crippen LogP contribution in [0.1, 0.15) is 48.0 Å². The lowest BCUT2D eigenvalue weighted by atomic mass is 9.97. The quantitative estimate of drug-likeness (QED) is 0.610. The van der Waals surface area contributed by atoms with Crippen LogP contribution in [-0.2, 0) is 12.8 Å². The van der Waals surface area contributed by atoms with Crippen molar-refractivity contribution >= 4 is 16.8 Å². The van der Waals surface area contributed by atoms with Crippen molar-refractivity contribution in [3.05, 3.63) is 69.4 Å². The lowest BCUT2D eigenvalue weighted by Crippen LogP contribution is -2.51. The van der Waals surface area contributed by atoms with Gasteiger partial charge >= 0.3 is 5.63 Å². The third-order valence-corrected chi connectivity index (χ3v) is 5.22. The molecule has 2 heterocycles. The number of nitrogens with one attached hydrogen (secondary N) is 2. The van der Waals surface area contributed by atoms with Crippen molar-refractivity contribution in [1.82, 2.24) is 10.3 Å². The molecule has 3 aromatic rings. The van der Waals surface area contributed by atoms with Gasteiger partial charge in [0, 0.05) is 23.5 Å². The van der Waals surface area contributed by atoms with Gasteiger partial charge in [0.25, 0.3) is 5.91 Å². The SMILES string of the molecule is Cc1cc(CCc2c[nH]c3ccccc23)oc(=O)c1C(=O)NC(C)(C)C(C)O. The van der Waals surface area contributed by atoms with E-state index in [4.69, 9.17) is 4.42 Å². The monoisotopic (exact) mass is 382 g/mol. The molecule has 1 atom stereocenters. The molecule has 1 amide bonds. The minimum absolute atomic E-state index is 0.0235. The molecule has 1 aromatic carbocycles. The van der Waals surface area contributed by atoms with Crippen LogP contribution in [0.15, 0.2) is 45.7 Å². The number of aromatic amines is 1. The number of hydrogen-bond acceptors (Lipinski definition) is 4. The second-order valence-electron chi connectivity index (χ2n) is 7.77. The van der Waals surface area contributed by atoms with Crippen molar-refractivity contribution in [2.24, 2.45) is 0 Å². The first-order valence-corrected chi connectivity index (χ1v) is 9.38. The first-order chi connectivity index (χ1) is 13.2. The molecule has 0 fully saturated rings. The van der Waals surface area contributed by atoms with E-state index in [-0.39, 0.29) is 5.56 Å². The fourth-order valence-electron chi connectivity index (χ4n) is 3.13. The Morgan fingerprint density at radius 3 is 2.68 bits per heavy atom. The maximum absolute atomic E-state index is 12.5. The highest BCUT2D eigenvalue weighted by Gasteiger charge is 2.28. The number of aromatic nitrogens is 1. The molecule has 0 aliphatic rings. The largest absolute Gasteiger partial charge is 0.427 e. The van der Waals surface area contributed by atoms with Crippen LogP contribution >= 0.6 is 0 Å². The highest BCUT2D eigenvalue weighted by atomic mass is 16.4. The van der Waals surface area contributed by atoms with E-state index >= 15 is 0 Å². The van der Waals surface area contributed by atoms with E-state index in [9.17, 15) is 14.7 Å². The number of fused-ring (bicyclic) bond motifs is 1. The number of aryl methyl sites for hydroxylation is 3. The Morgan fingerprint density at radius 2 is 2.00 bits per heavy atom. The number of para-hydroxylation sites is 1. The molecule has 6 nitrogen and oxygen atoms in total. The summed E-state index contributed by atoms with van der Waals surface area (Å²) in [5, 5.41) is 13.6. The minimum atomic E-state index is -0.857. The molecule has 0 radical (unpaired) electrons. The van der Waals surface area contributed by atoms with E-state index < -0.39 is 23.2 Å². The first kappa shape index (κ1) is 19.9. The Morgan fingerprint density at radius 1 is 1.29 bits per heavy atom. The molecular formula is C22H26N2O4. The molecule has 0 bridgehead atoms. The molecule has 0 spiro atoms. The van der Waals surface area contributed by atoms with Crippen LogP contribution < -0.4 is 10.9 Å². The van der Waals surface area contributed by atoms with E-state index in [1.807, 2.05) is 24.4 Å². The van der Waals surface area contributed by atoms with Crippen molar-refractivity contribution in [2.45, 2.75) is 52.2 Å². The predicted octanol–water partition coefficient (Wildman–Crippen LogP) is 3.10. The standard InChI is InChI=1S/C22H26N2O4/c1-13-11-16(10-9-15-12-23-18-8-6-5-7-17(15)18)28-21(27)19(13)20(26)24-22(3,4)14(2)25/h5-8,11-12,14,23,25H,9-10H2,1-4H3,(H,24,26). The summed E-state index contributed by atoms with van der Waals surface area (Å²) in [6, 6.07) is 9.78. The smallest absolute Gasteiger partial charge is 0.349 e. The molecule has 148 valence electrons. The summed E-state index contributed by atoms with van der Waals surface area (Å²) in [5.74, 6) is -0.000513. The van der Waals surface area contributed by atoms with Crippen molar-refractivity contribution in [1.29, 1.82) is 0 Å². The zero-order valence-corrected chi connectivity index (χ0v) is 16.6. The van der Waals surface area contributed by atoms with Crippen LogP contribution in [0.3, 0.4) is 0 Å². The molecule has 0 aliphatic carbocycles. The molecular weight excluding hydrogens is 356 g/mol. The van der Waals surface area contributed by atoms with Gasteiger partial charge in [-0.05, 0) is 57.4 Å². The number of amides is 1. The van der Waals surface area contributed by atoms with Gasteiger partial charge in [-0.3, -0.25) is 4.79 Å². The van der Waals surface area contributed by atoms with Crippen LogP contribution in [0.25, 0.3) is 10.9 Å². The minimum Gasteiger partial charge on any atom is -0.427 e. The van der Waals surface area contributed by atoms with Gasteiger partial charge in [-0.1, -0.05) is 18.2 Å². The zero-order valence-electron chi connectivity index (χ0n) is 16.6. The highest BCUT2D eigenvalue weighted by Crippen LogP contribution is 2.20. The molecule has 3 N–H and O–H groups in total. The summed E-state index contributed by atoms with van der Waals surface area (Å²) in [6.07, 6.45) is 2.47. The van der Waals surface area contributed by atoms with Gasteiger partial charge in [-0.2, -0.15) is 0 Å². The van der Waals surface area contributed by atoms with E-state index in [2.05, 4.69) is 16.4 Å². The number of aliphatic hydroxyl groups excluding tert-OH is 1. The molecule has 28 heavy (non-hydrogen) atoms. The summed E-state index contributed by atoms with van der Waals surface area (Å²) in [7, 11) is 0. The Kier molecular flexibility index (Phi) is 5.42. The van der Waals surface area contributed by atoms with Crippen LogP contribution in [0.4, 0.5) is 0 Å². The second kappa shape index (κ2) is 7.64. The molecule has 1 unspecified atom stereocenters. The van der Waals surface area contributed by atoms with Gasteiger partial charge in [-0.25, -0.2) is 4.79 Å². The van der Waals surface area contributed by atoms with Crippen LogP contribution in [-0.4, -0.2) is 27.6 Å². The van der Waals surface area contributed by atoms with Crippen LogP contribution in [0.5, 0.6) is 0 Å². The van der Waals surface area contributed by atoms with Gasteiger partial charge < -0.3 is 19.8 Å². The average molecular weight is 382 g/mol. The molecule has 3 rings (SSSR count). The van der Waals surface area contributed by atoms with Gasteiger partial charge in [-0.15, -0.1) is 0 Å². The zero-order chi connectivity index (χ0) is 20.5. The van der Waals surface area contributed by atoms with E-state index in [1.165, 1.54) is 0 Å². The Balaban J connectivity index is 1.78. The fraction of sp³-hybridized carbons (Fsp3) is 0.364. The average Bonchev–Trinajstić information content (AvgIpc) is 3.02. The molecule has 2 aromatic heterocycles. The van der Waals surface area contributed by atoms with Crippen molar-refractivity contribution in [3.63, 3.8) is 0 Å². The fourth-order valence-corrected chi connectivity index (χ4v) is 3.13. The van der Waals surface area contributed by atoms with E-state index in [0.29, 0.717) is 24.2 Å². The number of H-pyrrole nitrogens is 1. The maximum Gasteiger partial charge on any atom is 0.349 e. The molecule has 0 saturated heterocycles. The molecule has 0 aliphatic heterocycles. The lowest BCUT2D eigenvalue weighted by Gasteiger charge is -2.29. The van der Waals surface area contributed by atoms with Crippen LogP contribution in [0.2, 0.25) is 0 Å². The third kappa shape index (κ3) is 4.02. The maximum atomic E-state index is 12.5. The third-order valence-electron chi connectivity index (χ3n) is 5.22. The number of aliphatic hydroxyl groups is 1. The first-order valence-electron chi connectivity index (χ1n) is 9.38. The van der Waals surface area contributed by atoms with Crippen LogP contribution in [0, 0.1) is 6.92 Å².